The van der Waals surface area contributed by atoms with Gasteiger partial charge < -0.3 is 19.3 Å². The molecule has 1 amide bonds. The summed E-state index contributed by atoms with van der Waals surface area (Å²) in [6.07, 6.45) is 0.425. The number of carbonyl (C=O) groups is 1. The molecule has 0 bridgehead atoms. The van der Waals surface area contributed by atoms with Crippen molar-refractivity contribution in [1.82, 2.24) is 4.90 Å². The molecule has 0 unspecified atom stereocenters. The summed E-state index contributed by atoms with van der Waals surface area (Å²) in [6, 6.07) is 0. The number of rotatable bonds is 0. The highest BCUT2D eigenvalue weighted by Crippen LogP contribution is 2.26. The molecule has 17 heavy (non-hydrogen) atoms. The van der Waals surface area contributed by atoms with E-state index in [0.717, 1.165) is 17.5 Å². The molecule has 2 rings (SSSR count). The summed E-state index contributed by atoms with van der Waals surface area (Å²) in [5, 5.41) is 9.60. The molecule has 0 aromatic carbocycles. The maximum Gasteiger partial charge on any atom is 0.488 e. The minimum atomic E-state index is -0.852. The number of hydrogen-bond acceptors (Lipinski definition) is 4. The number of hydrogen-bond donors (Lipinski definition) is 1. The lowest BCUT2D eigenvalue weighted by Crippen LogP contribution is -2.42. The smallest absolute Gasteiger partial charge is 0.444 e. The second-order valence-corrected chi connectivity index (χ2v) is 5.44. The van der Waals surface area contributed by atoms with Crippen LogP contribution in [0.1, 0.15) is 27.2 Å². The van der Waals surface area contributed by atoms with Gasteiger partial charge in [0.1, 0.15) is 5.60 Å². The van der Waals surface area contributed by atoms with Gasteiger partial charge in [0, 0.05) is 13.1 Å². The summed E-state index contributed by atoms with van der Waals surface area (Å²) >= 11 is 0. The van der Waals surface area contributed by atoms with Crippen molar-refractivity contribution < 1.29 is 19.2 Å². The van der Waals surface area contributed by atoms with Crippen molar-refractivity contribution in [2.45, 2.75) is 32.8 Å². The monoisotopic (exact) mass is 239 g/mol. The van der Waals surface area contributed by atoms with Crippen LogP contribution in [0.25, 0.3) is 0 Å². The van der Waals surface area contributed by atoms with E-state index in [-0.39, 0.29) is 6.09 Å². The van der Waals surface area contributed by atoms with Crippen molar-refractivity contribution in [3.8, 4) is 0 Å². The fourth-order valence-electron chi connectivity index (χ4n) is 2.01. The molecule has 0 radical (unpaired) electrons. The Morgan fingerprint density at radius 2 is 2.24 bits per heavy atom. The molecule has 0 saturated heterocycles. The predicted molar refractivity (Wildman–Crippen MR) is 63.4 cm³/mol. The van der Waals surface area contributed by atoms with Crippen molar-refractivity contribution in [3.63, 3.8) is 0 Å². The first-order valence-electron chi connectivity index (χ1n) is 5.85. The molecule has 0 atom stereocenters. The SMILES string of the molecule is CC(C)(C)OC(=O)N1CCC2=C(C1)B(O)OC2. The van der Waals surface area contributed by atoms with Gasteiger partial charge in [-0.2, -0.15) is 0 Å². The van der Waals surface area contributed by atoms with Crippen LogP contribution in [0.2, 0.25) is 0 Å². The average molecular weight is 239 g/mol. The molecule has 1 N–H and O–H groups in total. The van der Waals surface area contributed by atoms with Crippen molar-refractivity contribution in [2.75, 3.05) is 19.7 Å². The van der Waals surface area contributed by atoms with Crippen molar-refractivity contribution in [3.05, 3.63) is 11.0 Å². The van der Waals surface area contributed by atoms with Crippen molar-refractivity contribution >= 4 is 13.2 Å². The molecule has 2 aliphatic heterocycles. The summed E-state index contributed by atoms with van der Waals surface area (Å²) in [4.78, 5) is 13.5. The first kappa shape index (κ1) is 12.5. The van der Waals surface area contributed by atoms with Gasteiger partial charge in [0.2, 0.25) is 0 Å². The predicted octanol–water partition coefficient (Wildman–Crippen LogP) is 0.974. The highest BCUT2D eigenvalue weighted by molar-refractivity contribution is 6.53. The number of carbonyl (C=O) groups excluding carboxylic acids is 1. The summed E-state index contributed by atoms with van der Waals surface area (Å²) in [5.41, 5.74) is 1.45. The maximum absolute atomic E-state index is 11.9. The van der Waals surface area contributed by atoms with E-state index in [9.17, 15) is 9.82 Å². The zero-order valence-electron chi connectivity index (χ0n) is 10.5. The van der Waals surface area contributed by atoms with E-state index >= 15 is 0 Å². The van der Waals surface area contributed by atoms with E-state index in [4.69, 9.17) is 9.39 Å². The van der Waals surface area contributed by atoms with Gasteiger partial charge >= 0.3 is 13.2 Å². The van der Waals surface area contributed by atoms with E-state index in [0.29, 0.717) is 19.7 Å². The Balaban J connectivity index is 2.00. The Hall–Kier alpha value is -1.01. The minimum absolute atomic E-state index is 0.330. The lowest BCUT2D eigenvalue weighted by molar-refractivity contribution is 0.0263. The molecule has 0 fully saturated rings. The standard InChI is InChI=1S/C11H18BNO4/c1-11(2,3)17-10(14)13-5-4-8-7-16-12(15)9(8)6-13/h15H,4-7H2,1-3H3. The average Bonchev–Trinajstić information content (AvgIpc) is 2.57. The molecule has 94 valence electrons. The zero-order chi connectivity index (χ0) is 12.6. The first-order chi connectivity index (χ1) is 7.87. The molecule has 2 heterocycles. The molecule has 0 spiro atoms. The van der Waals surface area contributed by atoms with Gasteiger partial charge in [-0.25, -0.2) is 4.79 Å². The van der Waals surface area contributed by atoms with E-state index < -0.39 is 12.7 Å². The number of nitrogens with zero attached hydrogens (tertiary/aromatic N) is 1. The molecule has 0 aliphatic carbocycles. The molecule has 0 aromatic heterocycles. The molecule has 6 heteroatoms. The van der Waals surface area contributed by atoms with Gasteiger partial charge in [0.25, 0.3) is 0 Å². The second kappa shape index (κ2) is 4.35. The third-order valence-corrected chi connectivity index (χ3v) is 2.86. The zero-order valence-corrected chi connectivity index (χ0v) is 10.5. The molecule has 0 saturated carbocycles. The fraction of sp³-hybridized carbons (Fsp3) is 0.727. The summed E-state index contributed by atoms with van der Waals surface area (Å²) in [5.74, 6) is 0. The normalized spacial score (nSPS) is 20.7. The summed E-state index contributed by atoms with van der Waals surface area (Å²) in [7, 11) is -0.852. The van der Waals surface area contributed by atoms with Crippen LogP contribution in [0.4, 0.5) is 4.79 Å². The van der Waals surface area contributed by atoms with Crippen LogP contribution in [0.3, 0.4) is 0 Å². The Morgan fingerprint density at radius 1 is 1.53 bits per heavy atom. The lowest BCUT2D eigenvalue weighted by Gasteiger charge is -2.30. The topological polar surface area (TPSA) is 59.0 Å². The Kier molecular flexibility index (Phi) is 3.18. The van der Waals surface area contributed by atoms with E-state index in [1.807, 2.05) is 20.8 Å². The minimum Gasteiger partial charge on any atom is -0.444 e. The van der Waals surface area contributed by atoms with Gasteiger partial charge in [-0.05, 0) is 38.2 Å². The van der Waals surface area contributed by atoms with Gasteiger partial charge in [0.05, 0.1) is 6.61 Å². The third kappa shape index (κ3) is 2.81. The van der Waals surface area contributed by atoms with E-state index in [1.165, 1.54) is 0 Å². The maximum atomic E-state index is 11.9. The highest BCUT2D eigenvalue weighted by Gasteiger charge is 2.36. The second-order valence-electron chi connectivity index (χ2n) is 5.44. The fourth-order valence-corrected chi connectivity index (χ4v) is 2.01. The van der Waals surface area contributed by atoms with Crippen LogP contribution >= 0.6 is 0 Å². The quantitative estimate of drug-likeness (QED) is 0.640. The van der Waals surface area contributed by atoms with Crippen molar-refractivity contribution in [1.29, 1.82) is 0 Å². The summed E-state index contributed by atoms with van der Waals surface area (Å²) in [6.45, 7) is 7.04. The van der Waals surface area contributed by atoms with Gasteiger partial charge in [-0.15, -0.1) is 0 Å². The summed E-state index contributed by atoms with van der Waals surface area (Å²) < 4.78 is 10.4. The van der Waals surface area contributed by atoms with Gasteiger partial charge in [-0.3, -0.25) is 0 Å². The molecular weight excluding hydrogens is 221 g/mol. The number of amides is 1. The Morgan fingerprint density at radius 3 is 2.88 bits per heavy atom. The largest absolute Gasteiger partial charge is 0.488 e. The lowest BCUT2D eigenvalue weighted by atomic mass is 9.76. The van der Waals surface area contributed by atoms with Crippen LogP contribution in [0.5, 0.6) is 0 Å². The van der Waals surface area contributed by atoms with E-state index in [1.54, 1.807) is 4.90 Å². The molecule has 2 aliphatic rings. The van der Waals surface area contributed by atoms with Gasteiger partial charge in [0.15, 0.2) is 0 Å². The van der Waals surface area contributed by atoms with Gasteiger partial charge in [-0.1, -0.05) is 0 Å². The van der Waals surface area contributed by atoms with Crippen LogP contribution in [-0.2, 0) is 9.39 Å². The Labute approximate surface area is 102 Å². The Bertz CT molecular complexity index is 361. The van der Waals surface area contributed by atoms with Crippen LogP contribution in [0.15, 0.2) is 11.0 Å². The third-order valence-electron chi connectivity index (χ3n) is 2.86. The van der Waals surface area contributed by atoms with Crippen LogP contribution < -0.4 is 0 Å². The van der Waals surface area contributed by atoms with Crippen LogP contribution in [-0.4, -0.2) is 48.4 Å². The molecule has 0 aromatic rings. The first-order valence-corrected chi connectivity index (χ1v) is 5.85. The molecule has 5 nitrogen and oxygen atoms in total. The van der Waals surface area contributed by atoms with Crippen molar-refractivity contribution in [2.24, 2.45) is 0 Å². The highest BCUT2D eigenvalue weighted by atomic mass is 16.6. The number of ether oxygens (including phenoxy) is 1. The van der Waals surface area contributed by atoms with E-state index in [2.05, 4.69) is 0 Å². The van der Waals surface area contributed by atoms with Crippen LogP contribution in [0, 0.1) is 0 Å². The molecular formula is C11H18BNO4.